The van der Waals surface area contributed by atoms with Gasteiger partial charge in [0.1, 0.15) is 6.54 Å². The first-order valence-corrected chi connectivity index (χ1v) is 9.96. The number of halogens is 1. The van der Waals surface area contributed by atoms with Crippen LogP contribution in [0.2, 0.25) is 0 Å². The Bertz CT molecular complexity index is 867. The molecule has 1 amide bonds. The second-order valence-electron chi connectivity index (χ2n) is 5.68. The number of carbonyl (C=O) groups excluding carboxylic acids is 1. The van der Waals surface area contributed by atoms with Gasteiger partial charge in [0, 0.05) is 23.1 Å². The van der Waals surface area contributed by atoms with Gasteiger partial charge in [-0.3, -0.25) is 4.79 Å². The van der Waals surface area contributed by atoms with Crippen molar-refractivity contribution in [1.82, 2.24) is 25.1 Å². The zero-order valence-electron chi connectivity index (χ0n) is 13.0. The van der Waals surface area contributed by atoms with E-state index >= 15 is 0 Å². The summed E-state index contributed by atoms with van der Waals surface area (Å²) in [4.78, 5) is 15.0. The summed E-state index contributed by atoms with van der Waals surface area (Å²) in [5.41, 5.74) is 0.784. The average molecular weight is 414 g/mol. The molecule has 1 fully saturated rings. The van der Waals surface area contributed by atoms with Crippen molar-refractivity contribution < 1.29 is 13.2 Å². The van der Waals surface area contributed by atoms with Crippen LogP contribution in [0.5, 0.6) is 0 Å². The number of aromatic nitrogens is 4. The van der Waals surface area contributed by atoms with Gasteiger partial charge in [-0.05, 0) is 23.8 Å². The SMILES string of the molecule is CN(C(=O)Cn1nnc(-c2ccccc2Br)n1)[C@@H]1CCS(=O)(=O)C1. The number of amides is 1. The van der Waals surface area contributed by atoms with Crippen molar-refractivity contribution in [1.29, 1.82) is 0 Å². The summed E-state index contributed by atoms with van der Waals surface area (Å²) < 4.78 is 23.9. The minimum absolute atomic E-state index is 0.0161. The Hall–Kier alpha value is -1.81. The smallest absolute Gasteiger partial charge is 0.246 e. The first kappa shape index (κ1) is 17.0. The summed E-state index contributed by atoms with van der Waals surface area (Å²) in [6.07, 6.45) is 0.470. The van der Waals surface area contributed by atoms with E-state index in [0.717, 1.165) is 10.0 Å². The van der Waals surface area contributed by atoms with E-state index in [-0.39, 0.29) is 30.0 Å². The van der Waals surface area contributed by atoms with E-state index in [0.29, 0.717) is 12.2 Å². The molecular formula is C14H16BrN5O3S. The van der Waals surface area contributed by atoms with E-state index in [1.807, 2.05) is 24.3 Å². The number of nitrogens with zero attached hydrogens (tertiary/aromatic N) is 5. The maximum Gasteiger partial charge on any atom is 0.246 e. The van der Waals surface area contributed by atoms with E-state index in [1.165, 1.54) is 9.70 Å². The molecule has 1 aromatic heterocycles. The van der Waals surface area contributed by atoms with Gasteiger partial charge >= 0.3 is 0 Å². The Morgan fingerprint density at radius 1 is 1.42 bits per heavy atom. The molecule has 24 heavy (non-hydrogen) atoms. The number of rotatable bonds is 4. The van der Waals surface area contributed by atoms with Gasteiger partial charge in [0.15, 0.2) is 9.84 Å². The van der Waals surface area contributed by atoms with Crippen LogP contribution in [0.25, 0.3) is 11.4 Å². The summed E-state index contributed by atoms with van der Waals surface area (Å²) in [7, 11) is -1.42. The van der Waals surface area contributed by atoms with Gasteiger partial charge in [-0.2, -0.15) is 4.80 Å². The van der Waals surface area contributed by atoms with Crippen molar-refractivity contribution in [3.05, 3.63) is 28.7 Å². The van der Waals surface area contributed by atoms with Gasteiger partial charge in [-0.1, -0.05) is 28.1 Å². The summed E-state index contributed by atoms with van der Waals surface area (Å²) >= 11 is 3.42. The first-order chi connectivity index (χ1) is 11.4. The molecule has 1 aliphatic rings. The van der Waals surface area contributed by atoms with Crippen LogP contribution in [0.4, 0.5) is 0 Å². The third kappa shape index (κ3) is 3.64. The van der Waals surface area contributed by atoms with Gasteiger partial charge in [0.2, 0.25) is 11.7 Å². The lowest BCUT2D eigenvalue weighted by atomic mass is 10.2. The number of carbonyl (C=O) groups is 1. The molecule has 0 radical (unpaired) electrons. The number of hydrogen-bond donors (Lipinski definition) is 0. The minimum atomic E-state index is -3.03. The lowest BCUT2D eigenvalue weighted by Gasteiger charge is -2.22. The maximum absolute atomic E-state index is 12.3. The molecule has 0 unspecified atom stereocenters. The Labute approximate surface area is 147 Å². The summed E-state index contributed by atoms with van der Waals surface area (Å²) in [6.45, 7) is -0.0789. The molecule has 0 saturated carbocycles. The maximum atomic E-state index is 12.3. The lowest BCUT2D eigenvalue weighted by molar-refractivity contribution is -0.132. The fourth-order valence-corrected chi connectivity index (χ4v) is 4.81. The molecule has 2 aromatic rings. The van der Waals surface area contributed by atoms with E-state index in [1.54, 1.807) is 7.05 Å². The van der Waals surface area contributed by atoms with Crippen molar-refractivity contribution in [3.8, 4) is 11.4 Å². The fourth-order valence-electron chi connectivity index (χ4n) is 2.58. The Kier molecular flexibility index (Phi) is 4.68. The Morgan fingerprint density at radius 2 is 2.17 bits per heavy atom. The molecular weight excluding hydrogens is 398 g/mol. The zero-order valence-corrected chi connectivity index (χ0v) is 15.4. The van der Waals surface area contributed by atoms with Gasteiger partial charge in [0.25, 0.3) is 0 Å². The second-order valence-corrected chi connectivity index (χ2v) is 8.77. The predicted molar refractivity (Wildman–Crippen MR) is 90.8 cm³/mol. The van der Waals surface area contributed by atoms with Crippen molar-refractivity contribution in [2.45, 2.75) is 19.0 Å². The van der Waals surface area contributed by atoms with Crippen LogP contribution in [0.1, 0.15) is 6.42 Å². The topological polar surface area (TPSA) is 98.1 Å². The molecule has 10 heteroatoms. The van der Waals surface area contributed by atoms with Crippen LogP contribution >= 0.6 is 15.9 Å². The van der Waals surface area contributed by atoms with Crippen LogP contribution < -0.4 is 0 Å². The monoisotopic (exact) mass is 413 g/mol. The van der Waals surface area contributed by atoms with Crippen LogP contribution in [0.15, 0.2) is 28.7 Å². The zero-order chi connectivity index (χ0) is 17.3. The predicted octanol–water partition coefficient (Wildman–Crippen LogP) is 0.748. The highest BCUT2D eigenvalue weighted by Crippen LogP contribution is 2.24. The molecule has 0 N–H and O–H groups in total. The van der Waals surface area contributed by atoms with Crippen molar-refractivity contribution in [2.75, 3.05) is 18.6 Å². The quantitative estimate of drug-likeness (QED) is 0.733. The molecule has 0 aliphatic carbocycles. The van der Waals surface area contributed by atoms with Gasteiger partial charge in [-0.15, -0.1) is 10.2 Å². The third-order valence-electron chi connectivity index (χ3n) is 3.99. The largest absolute Gasteiger partial charge is 0.340 e. The van der Waals surface area contributed by atoms with Crippen LogP contribution in [0.3, 0.4) is 0 Å². The van der Waals surface area contributed by atoms with Gasteiger partial charge in [0.05, 0.1) is 11.5 Å². The molecule has 1 aliphatic heterocycles. The van der Waals surface area contributed by atoms with E-state index in [4.69, 9.17) is 0 Å². The number of tetrazole rings is 1. The second kappa shape index (κ2) is 6.60. The normalized spacial score (nSPS) is 19.3. The highest BCUT2D eigenvalue weighted by Gasteiger charge is 2.32. The first-order valence-electron chi connectivity index (χ1n) is 7.34. The van der Waals surface area contributed by atoms with E-state index in [2.05, 4.69) is 31.3 Å². The van der Waals surface area contributed by atoms with Crippen molar-refractivity contribution in [2.24, 2.45) is 0 Å². The number of hydrogen-bond acceptors (Lipinski definition) is 6. The highest BCUT2D eigenvalue weighted by atomic mass is 79.9. The van der Waals surface area contributed by atoms with Crippen LogP contribution in [0, 0.1) is 0 Å². The molecule has 3 rings (SSSR count). The molecule has 1 saturated heterocycles. The summed E-state index contributed by atoms with van der Waals surface area (Å²) in [6, 6.07) is 7.18. The average Bonchev–Trinajstić information content (AvgIpc) is 3.13. The standard InChI is InChI=1S/C14H16BrN5O3S/c1-19(10-6-7-24(22,23)9-10)13(21)8-20-17-14(16-18-20)11-4-2-3-5-12(11)15/h2-5,10H,6-9H2,1H3/t10-/m1/s1. The molecule has 1 aromatic carbocycles. The van der Waals surface area contributed by atoms with Crippen molar-refractivity contribution >= 4 is 31.7 Å². The number of sulfone groups is 1. The Balaban J connectivity index is 1.69. The molecule has 8 nitrogen and oxygen atoms in total. The van der Waals surface area contributed by atoms with Gasteiger partial charge < -0.3 is 4.90 Å². The van der Waals surface area contributed by atoms with Gasteiger partial charge in [-0.25, -0.2) is 8.42 Å². The minimum Gasteiger partial charge on any atom is -0.340 e. The highest BCUT2D eigenvalue weighted by molar-refractivity contribution is 9.10. The molecule has 1 atom stereocenters. The molecule has 2 heterocycles. The Morgan fingerprint density at radius 3 is 2.83 bits per heavy atom. The lowest BCUT2D eigenvalue weighted by Crippen LogP contribution is -2.40. The number of likely N-dealkylation sites (N-methyl/N-ethyl adjacent to an activating group) is 1. The molecule has 128 valence electrons. The van der Waals surface area contributed by atoms with E-state index in [9.17, 15) is 13.2 Å². The molecule has 0 bridgehead atoms. The summed E-state index contributed by atoms with van der Waals surface area (Å²) in [5, 5.41) is 12.1. The van der Waals surface area contributed by atoms with Crippen LogP contribution in [-0.4, -0.2) is 64.0 Å². The fraction of sp³-hybridized carbons (Fsp3) is 0.429. The number of benzene rings is 1. The third-order valence-corrected chi connectivity index (χ3v) is 6.44. The van der Waals surface area contributed by atoms with E-state index < -0.39 is 9.84 Å². The van der Waals surface area contributed by atoms with Crippen molar-refractivity contribution in [3.63, 3.8) is 0 Å². The van der Waals surface area contributed by atoms with Crippen LogP contribution in [-0.2, 0) is 21.2 Å². The summed E-state index contributed by atoms with van der Waals surface area (Å²) in [5.74, 6) is 0.320. The molecule has 0 spiro atoms.